The maximum atomic E-state index is 10.8. The van der Waals surface area contributed by atoms with Gasteiger partial charge in [0.05, 0.1) is 6.10 Å². The molecule has 1 fully saturated rings. The Kier molecular flexibility index (Phi) is 0.963. The Morgan fingerprint density at radius 3 is 3.44 bits per heavy atom. The molecule has 0 spiro atoms. The topological polar surface area (TPSA) is 29.6 Å². The first kappa shape index (κ1) is 5.18. The molecule has 2 nitrogen and oxygen atoms in total. The maximum absolute atomic E-state index is 10.8. The third-order valence-electron chi connectivity index (χ3n) is 1.72. The number of epoxide rings is 1. The quantitative estimate of drug-likeness (QED) is 0.351. The van der Waals surface area contributed by atoms with E-state index in [9.17, 15) is 4.79 Å². The largest absolute Gasteiger partial charge is 0.365 e. The summed E-state index contributed by atoms with van der Waals surface area (Å²) in [5, 5.41) is 0. The third kappa shape index (κ3) is 0.900. The number of hydrogen-bond acceptors (Lipinski definition) is 2. The summed E-state index contributed by atoms with van der Waals surface area (Å²) in [6.45, 7) is 0. The van der Waals surface area contributed by atoms with Crippen molar-refractivity contribution in [1.82, 2.24) is 0 Å². The van der Waals surface area contributed by atoms with Crippen LogP contribution >= 0.6 is 0 Å². The van der Waals surface area contributed by atoms with E-state index in [2.05, 4.69) is 0 Å². The van der Waals surface area contributed by atoms with Crippen molar-refractivity contribution in [3.63, 3.8) is 0 Å². The molecular weight excluding hydrogens is 116 g/mol. The van der Waals surface area contributed by atoms with Gasteiger partial charge in [0.2, 0.25) is 0 Å². The molecule has 2 heteroatoms. The van der Waals surface area contributed by atoms with E-state index in [4.69, 9.17) is 4.74 Å². The summed E-state index contributed by atoms with van der Waals surface area (Å²) < 4.78 is 5.12. The molecule has 2 aliphatic rings. The van der Waals surface area contributed by atoms with E-state index < -0.39 is 0 Å². The summed E-state index contributed by atoms with van der Waals surface area (Å²) >= 11 is 0. The number of Topliss-reactive ketones (excluding diaryl/α,β-unsaturated/α-hetero) is 1. The molecule has 0 radical (unpaired) electrons. The Morgan fingerprint density at radius 2 is 2.56 bits per heavy atom. The number of carbonyl (C=O) groups excluding carboxylic acids is 1. The van der Waals surface area contributed by atoms with Crippen LogP contribution < -0.4 is 0 Å². The van der Waals surface area contributed by atoms with Crippen LogP contribution in [0, 0.1) is 0 Å². The minimum atomic E-state index is 0.233. The van der Waals surface area contributed by atoms with E-state index in [1.807, 2.05) is 12.2 Å². The molecule has 0 N–H and O–H groups in total. The smallest absolute Gasteiger partial charge is 0.139 e. The van der Waals surface area contributed by atoms with E-state index in [-0.39, 0.29) is 12.2 Å². The Hall–Kier alpha value is -0.630. The van der Waals surface area contributed by atoms with Crippen molar-refractivity contribution < 1.29 is 9.53 Å². The van der Waals surface area contributed by atoms with Crippen LogP contribution in [0.4, 0.5) is 0 Å². The molecular formula is C7H8O2. The molecule has 0 bridgehead atoms. The number of allylic oxidation sites excluding steroid dienone is 1. The lowest BCUT2D eigenvalue weighted by atomic mass is 10.2. The minimum absolute atomic E-state index is 0.233. The van der Waals surface area contributed by atoms with Crippen molar-refractivity contribution in [2.75, 3.05) is 0 Å². The van der Waals surface area contributed by atoms with Gasteiger partial charge < -0.3 is 4.74 Å². The molecule has 2 unspecified atom stereocenters. The van der Waals surface area contributed by atoms with Crippen molar-refractivity contribution in [3.05, 3.63) is 12.2 Å². The molecule has 0 aromatic heterocycles. The molecule has 1 heterocycles. The fourth-order valence-corrected chi connectivity index (χ4v) is 1.13. The van der Waals surface area contributed by atoms with E-state index in [1.54, 1.807) is 0 Å². The van der Waals surface area contributed by atoms with Gasteiger partial charge in [-0.2, -0.15) is 0 Å². The Bertz CT molecular complexity index is 172. The first-order chi connectivity index (χ1) is 4.36. The monoisotopic (exact) mass is 124 g/mol. The van der Waals surface area contributed by atoms with Gasteiger partial charge in [0, 0.05) is 12.8 Å². The number of fused-ring (bicyclic) bond motifs is 1. The van der Waals surface area contributed by atoms with Gasteiger partial charge in [-0.3, -0.25) is 4.79 Å². The van der Waals surface area contributed by atoms with Crippen molar-refractivity contribution in [2.45, 2.75) is 25.0 Å². The van der Waals surface area contributed by atoms with Crippen LogP contribution in [0.2, 0.25) is 0 Å². The summed E-state index contributed by atoms with van der Waals surface area (Å²) in [7, 11) is 0. The van der Waals surface area contributed by atoms with Crippen LogP contribution in [-0.2, 0) is 9.53 Å². The highest BCUT2D eigenvalue weighted by Crippen LogP contribution is 2.29. The lowest BCUT2D eigenvalue weighted by Crippen LogP contribution is -1.99. The number of hydrogen-bond donors (Lipinski definition) is 0. The lowest BCUT2D eigenvalue weighted by molar-refractivity contribution is -0.118. The molecule has 1 saturated heterocycles. The SMILES string of the molecule is O=C1CC=CC2OC2C1. The van der Waals surface area contributed by atoms with Crippen LogP contribution in [0.5, 0.6) is 0 Å². The maximum Gasteiger partial charge on any atom is 0.139 e. The number of carbonyl (C=O) groups is 1. The van der Waals surface area contributed by atoms with E-state index in [0.29, 0.717) is 18.6 Å². The second kappa shape index (κ2) is 1.67. The van der Waals surface area contributed by atoms with Gasteiger partial charge >= 0.3 is 0 Å². The molecule has 2 rings (SSSR count). The predicted molar refractivity (Wildman–Crippen MR) is 32.0 cm³/mol. The van der Waals surface area contributed by atoms with Crippen molar-refractivity contribution in [3.8, 4) is 0 Å². The summed E-state index contributed by atoms with van der Waals surface area (Å²) in [4.78, 5) is 10.8. The first-order valence-electron chi connectivity index (χ1n) is 3.20. The van der Waals surface area contributed by atoms with Gasteiger partial charge in [0.25, 0.3) is 0 Å². The van der Waals surface area contributed by atoms with Crippen LogP contribution in [-0.4, -0.2) is 18.0 Å². The molecule has 2 atom stereocenters. The first-order valence-corrected chi connectivity index (χ1v) is 3.20. The summed E-state index contributed by atoms with van der Waals surface area (Å²) in [5.41, 5.74) is 0. The molecule has 9 heavy (non-hydrogen) atoms. The van der Waals surface area contributed by atoms with Crippen LogP contribution in [0.15, 0.2) is 12.2 Å². The molecule has 0 aromatic rings. The summed E-state index contributed by atoms with van der Waals surface area (Å²) in [6, 6.07) is 0. The number of ketones is 1. The zero-order valence-electron chi connectivity index (χ0n) is 5.04. The molecule has 1 aliphatic heterocycles. The normalized spacial score (nSPS) is 39.8. The van der Waals surface area contributed by atoms with E-state index >= 15 is 0 Å². The molecule has 0 saturated carbocycles. The lowest BCUT2D eigenvalue weighted by Gasteiger charge is -1.87. The summed E-state index contributed by atoms with van der Waals surface area (Å²) in [5.74, 6) is 0.302. The predicted octanol–water partition coefficient (Wildman–Crippen LogP) is 0.673. The Labute approximate surface area is 53.5 Å². The Balaban J connectivity index is 2.11. The van der Waals surface area contributed by atoms with E-state index in [0.717, 1.165) is 0 Å². The second-order valence-electron chi connectivity index (χ2n) is 2.51. The van der Waals surface area contributed by atoms with Gasteiger partial charge in [-0.1, -0.05) is 12.2 Å². The van der Waals surface area contributed by atoms with Crippen molar-refractivity contribution >= 4 is 5.78 Å². The minimum Gasteiger partial charge on any atom is -0.365 e. The van der Waals surface area contributed by atoms with Gasteiger partial charge in [0.1, 0.15) is 11.9 Å². The van der Waals surface area contributed by atoms with Gasteiger partial charge in [-0.25, -0.2) is 0 Å². The molecule has 1 aliphatic carbocycles. The standard InChI is InChI=1S/C7H8O2/c8-5-2-1-3-6-7(4-5)9-6/h1,3,6-7H,2,4H2. The highest BCUT2D eigenvalue weighted by atomic mass is 16.6. The van der Waals surface area contributed by atoms with E-state index in [1.165, 1.54) is 0 Å². The molecule has 0 aromatic carbocycles. The zero-order valence-corrected chi connectivity index (χ0v) is 5.04. The van der Waals surface area contributed by atoms with Crippen molar-refractivity contribution in [2.24, 2.45) is 0 Å². The number of rotatable bonds is 0. The summed E-state index contributed by atoms with van der Waals surface area (Å²) in [6.07, 6.45) is 5.62. The Morgan fingerprint density at radius 1 is 1.67 bits per heavy atom. The fourth-order valence-electron chi connectivity index (χ4n) is 1.13. The number of ether oxygens (including phenoxy) is 1. The van der Waals surface area contributed by atoms with Crippen LogP contribution in [0.3, 0.4) is 0 Å². The van der Waals surface area contributed by atoms with Gasteiger partial charge in [0.15, 0.2) is 0 Å². The highest BCUT2D eigenvalue weighted by molar-refractivity contribution is 5.81. The van der Waals surface area contributed by atoms with Gasteiger partial charge in [-0.05, 0) is 0 Å². The molecule has 48 valence electrons. The highest BCUT2D eigenvalue weighted by Gasteiger charge is 2.38. The average molecular weight is 124 g/mol. The molecule has 0 amide bonds. The third-order valence-corrected chi connectivity index (χ3v) is 1.72. The van der Waals surface area contributed by atoms with Crippen LogP contribution in [0.1, 0.15) is 12.8 Å². The average Bonchev–Trinajstić information content (AvgIpc) is 2.43. The fraction of sp³-hybridized carbons (Fsp3) is 0.571. The van der Waals surface area contributed by atoms with Gasteiger partial charge in [-0.15, -0.1) is 0 Å². The second-order valence-corrected chi connectivity index (χ2v) is 2.51. The zero-order chi connectivity index (χ0) is 6.27. The van der Waals surface area contributed by atoms with Crippen LogP contribution in [0.25, 0.3) is 0 Å². The van der Waals surface area contributed by atoms with Crippen molar-refractivity contribution in [1.29, 1.82) is 0 Å².